The molecule has 3 aliphatic carbocycles. The summed E-state index contributed by atoms with van der Waals surface area (Å²) in [5, 5.41) is 4.10. The minimum absolute atomic E-state index is 0.126. The number of hydrogen-bond donors (Lipinski definition) is 1. The van der Waals surface area contributed by atoms with Crippen LogP contribution < -0.4 is 5.32 Å². The third-order valence-electron chi connectivity index (χ3n) is 6.24. The summed E-state index contributed by atoms with van der Waals surface area (Å²) < 4.78 is 0. The first kappa shape index (κ1) is 14.6. The Morgan fingerprint density at radius 3 is 2.73 bits per heavy atom. The van der Waals surface area contributed by atoms with Crippen molar-refractivity contribution in [1.82, 2.24) is 5.32 Å². The minimum Gasteiger partial charge on any atom is -0.353 e. The Bertz CT molecular complexity index is 587. The lowest BCUT2D eigenvalue weighted by molar-refractivity contribution is -0.123. The molecule has 22 heavy (non-hydrogen) atoms. The first-order valence-corrected chi connectivity index (χ1v) is 9.06. The number of nitrogens with one attached hydrogen (secondary N) is 1. The zero-order chi connectivity index (χ0) is 15.3. The predicted octanol–water partition coefficient (Wildman–Crippen LogP) is 4.38. The van der Waals surface area contributed by atoms with Crippen LogP contribution in [0.15, 0.2) is 24.3 Å². The molecule has 0 heterocycles. The Morgan fingerprint density at radius 2 is 2.05 bits per heavy atom. The molecule has 118 valence electrons. The molecule has 0 saturated heterocycles. The topological polar surface area (TPSA) is 29.1 Å². The van der Waals surface area contributed by atoms with Gasteiger partial charge in [-0.25, -0.2) is 0 Å². The largest absolute Gasteiger partial charge is 0.353 e. The van der Waals surface area contributed by atoms with Crippen molar-refractivity contribution in [3.63, 3.8) is 0 Å². The van der Waals surface area contributed by atoms with E-state index < -0.39 is 0 Å². The van der Waals surface area contributed by atoms with E-state index in [1.54, 1.807) is 0 Å². The molecule has 3 fully saturated rings. The maximum absolute atomic E-state index is 12.5. The second-order valence-electron chi connectivity index (χ2n) is 7.61. The van der Waals surface area contributed by atoms with Crippen LogP contribution in [0.1, 0.15) is 50.5 Å². The average Bonchev–Trinajstić information content (AvgIpc) is 3.01. The number of halogens is 1. The highest BCUT2D eigenvalue weighted by atomic mass is 35.5. The zero-order valence-corrected chi connectivity index (χ0v) is 13.9. The Morgan fingerprint density at radius 1 is 1.23 bits per heavy atom. The predicted molar refractivity (Wildman–Crippen MR) is 88.8 cm³/mol. The van der Waals surface area contributed by atoms with E-state index >= 15 is 0 Å². The van der Waals surface area contributed by atoms with Crippen molar-refractivity contribution >= 4 is 17.5 Å². The smallest absolute Gasteiger partial charge is 0.223 e. The molecule has 1 N–H and O–H groups in total. The number of carbonyl (C=O) groups is 1. The second-order valence-corrected chi connectivity index (χ2v) is 8.01. The molecule has 1 aromatic rings. The molecule has 0 radical (unpaired) electrons. The fourth-order valence-corrected chi connectivity index (χ4v) is 5.22. The third-order valence-corrected chi connectivity index (χ3v) is 6.58. The average molecular weight is 318 g/mol. The summed E-state index contributed by atoms with van der Waals surface area (Å²) in [4.78, 5) is 12.5. The number of amides is 1. The van der Waals surface area contributed by atoms with E-state index in [2.05, 4.69) is 18.3 Å². The summed E-state index contributed by atoms with van der Waals surface area (Å²) in [5.74, 6) is 3.19. The van der Waals surface area contributed by atoms with Crippen LogP contribution in [0.2, 0.25) is 5.02 Å². The third kappa shape index (κ3) is 2.56. The number of hydrogen-bond acceptors (Lipinski definition) is 1. The van der Waals surface area contributed by atoms with Gasteiger partial charge in [-0.3, -0.25) is 4.79 Å². The second kappa shape index (κ2) is 5.56. The number of benzene rings is 1. The van der Waals surface area contributed by atoms with Crippen LogP contribution >= 0.6 is 11.6 Å². The van der Waals surface area contributed by atoms with Crippen LogP contribution in [-0.4, -0.2) is 11.9 Å². The van der Waals surface area contributed by atoms with Crippen molar-refractivity contribution < 1.29 is 4.79 Å². The molecule has 1 aromatic carbocycles. The monoisotopic (exact) mass is 317 g/mol. The summed E-state index contributed by atoms with van der Waals surface area (Å²) >= 11 is 6.25. The Kier molecular flexibility index (Phi) is 3.68. The van der Waals surface area contributed by atoms with E-state index in [1.807, 2.05) is 18.2 Å². The molecule has 3 saturated carbocycles. The maximum Gasteiger partial charge on any atom is 0.223 e. The summed E-state index contributed by atoms with van der Waals surface area (Å²) in [7, 11) is 0. The van der Waals surface area contributed by atoms with E-state index in [1.165, 1.54) is 25.7 Å². The van der Waals surface area contributed by atoms with Crippen LogP contribution in [0.4, 0.5) is 0 Å². The molecule has 1 amide bonds. The number of fused-ring (bicyclic) bond motifs is 2. The molecule has 3 heteroatoms. The molecule has 3 aliphatic rings. The maximum atomic E-state index is 12.5. The summed E-state index contributed by atoms with van der Waals surface area (Å²) in [6.45, 7) is 2.20. The molecular weight excluding hydrogens is 294 g/mol. The van der Waals surface area contributed by atoms with Crippen molar-refractivity contribution in [3.05, 3.63) is 34.9 Å². The molecule has 4 rings (SSSR count). The first-order valence-electron chi connectivity index (χ1n) is 8.68. The van der Waals surface area contributed by atoms with Gasteiger partial charge in [-0.1, -0.05) is 36.2 Å². The van der Waals surface area contributed by atoms with Crippen LogP contribution in [0, 0.1) is 23.7 Å². The van der Waals surface area contributed by atoms with Crippen molar-refractivity contribution in [2.45, 2.75) is 51.0 Å². The highest BCUT2D eigenvalue weighted by Crippen LogP contribution is 2.51. The van der Waals surface area contributed by atoms with Gasteiger partial charge in [0.15, 0.2) is 0 Å². The molecule has 2 nitrogen and oxygen atoms in total. The van der Waals surface area contributed by atoms with Crippen LogP contribution in [0.25, 0.3) is 0 Å². The molecule has 0 aromatic heterocycles. The van der Waals surface area contributed by atoms with Crippen molar-refractivity contribution in [1.29, 1.82) is 0 Å². The summed E-state index contributed by atoms with van der Waals surface area (Å²) in [6, 6.07) is 8.25. The van der Waals surface area contributed by atoms with Gasteiger partial charge in [-0.05, 0) is 67.9 Å². The minimum atomic E-state index is 0.126. The lowest BCUT2D eigenvalue weighted by Gasteiger charge is -2.28. The summed E-state index contributed by atoms with van der Waals surface area (Å²) in [6.07, 6.45) is 6.46. The van der Waals surface area contributed by atoms with Crippen LogP contribution in [-0.2, 0) is 4.79 Å². The first-order chi connectivity index (χ1) is 10.6. The van der Waals surface area contributed by atoms with E-state index in [4.69, 9.17) is 11.6 Å². The fourth-order valence-electron chi connectivity index (χ4n) is 4.95. The number of carbonyl (C=O) groups excluding carboxylic acids is 1. The highest BCUT2D eigenvalue weighted by molar-refractivity contribution is 6.31. The van der Waals surface area contributed by atoms with Gasteiger partial charge in [-0.15, -0.1) is 0 Å². The molecule has 0 aliphatic heterocycles. The summed E-state index contributed by atoms with van der Waals surface area (Å²) in [5.41, 5.74) is 1.14. The van der Waals surface area contributed by atoms with Crippen LogP contribution in [0.5, 0.6) is 0 Å². The van der Waals surface area contributed by atoms with Gasteiger partial charge in [-0.2, -0.15) is 0 Å². The Labute approximate surface area is 137 Å². The lowest BCUT2D eigenvalue weighted by atomic mass is 9.84. The van der Waals surface area contributed by atoms with Crippen molar-refractivity contribution in [2.24, 2.45) is 23.7 Å². The molecule has 2 bridgehead atoms. The SMILES string of the molecule is CC(NC(=O)C1CC1c1ccccc1Cl)C1CC2CCC1C2. The molecule has 6 unspecified atom stereocenters. The van der Waals surface area contributed by atoms with Gasteiger partial charge in [0.25, 0.3) is 0 Å². The molecule has 6 atom stereocenters. The van der Waals surface area contributed by atoms with Gasteiger partial charge in [0, 0.05) is 17.0 Å². The Balaban J connectivity index is 1.35. The van der Waals surface area contributed by atoms with E-state index in [0.29, 0.717) is 17.9 Å². The van der Waals surface area contributed by atoms with E-state index in [-0.39, 0.29) is 11.8 Å². The zero-order valence-electron chi connectivity index (χ0n) is 13.1. The van der Waals surface area contributed by atoms with E-state index in [9.17, 15) is 4.79 Å². The normalized spacial score (nSPS) is 37.1. The molecular formula is C19H24ClNO. The molecule has 0 spiro atoms. The highest BCUT2D eigenvalue weighted by Gasteiger charge is 2.47. The van der Waals surface area contributed by atoms with Crippen molar-refractivity contribution in [2.75, 3.05) is 0 Å². The van der Waals surface area contributed by atoms with Gasteiger partial charge in [0.05, 0.1) is 0 Å². The van der Waals surface area contributed by atoms with E-state index in [0.717, 1.165) is 28.8 Å². The van der Waals surface area contributed by atoms with Gasteiger partial charge < -0.3 is 5.32 Å². The lowest BCUT2D eigenvalue weighted by Crippen LogP contribution is -2.41. The van der Waals surface area contributed by atoms with Crippen LogP contribution in [0.3, 0.4) is 0 Å². The van der Waals surface area contributed by atoms with Crippen molar-refractivity contribution in [3.8, 4) is 0 Å². The quantitative estimate of drug-likeness (QED) is 0.877. The fraction of sp³-hybridized carbons (Fsp3) is 0.632. The number of rotatable bonds is 4. The van der Waals surface area contributed by atoms with Gasteiger partial charge in [0.1, 0.15) is 0 Å². The standard InChI is InChI=1S/C19H24ClNO/c1-11(15-9-12-6-7-13(15)8-12)21-19(22)17-10-16(17)14-4-2-3-5-18(14)20/h2-5,11-13,15-17H,6-10H2,1H3,(H,21,22). The van der Waals surface area contributed by atoms with Gasteiger partial charge >= 0.3 is 0 Å². The van der Waals surface area contributed by atoms with Gasteiger partial charge in [0.2, 0.25) is 5.91 Å². The Hall–Kier alpha value is -1.02.